The summed E-state index contributed by atoms with van der Waals surface area (Å²) in [4.78, 5) is 11.5. The van der Waals surface area contributed by atoms with Crippen LogP contribution in [0.5, 0.6) is 0 Å². The molecule has 2 saturated carbocycles. The SMILES string of the molecule is CC1(C)O[C@H]2CC[C@@]3(CC(=O)C3(Cl)Cl)[C@H]2O1. The molecule has 0 N–H and O–H groups in total. The number of ether oxygens (including phenoxy) is 2. The topological polar surface area (TPSA) is 35.5 Å². The Balaban J connectivity index is 1.93. The zero-order valence-electron chi connectivity index (χ0n) is 9.26. The number of carbonyl (C=O) groups excluding carboxylic acids is 1. The van der Waals surface area contributed by atoms with Crippen molar-refractivity contribution in [2.24, 2.45) is 5.41 Å². The summed E-state index contributed by atoms with van der Waals surface area (Å²) in [5.74, 6) is -0.685. The highest BCUT2D eigenvalue weighted by Gasteiger charge is 2.73. The third kappa shape index (κ3) is 1.15. The van der Waals surface area contributed by atoms with Crippen LogP contribution >= 0.6 is 23.2 Å². The van der Waals surface area contributed by atoms with Gasteiger partial charge in [-0.15, -0.1) is 0 Å². The van der Waals surface area contributed by atoms with E-state index in [0.717, 1.165) is 12.8 Å². The third-order valence-electron chi connectivity index (χ3n) is 4.05. The second-order valence-electron chi connectivity index (χ2n) is 5.46. The molecule has 5 heteroatoms. The Morgan fingerprint density at radius 3 is 2.56 bits per heavy atom. The van der Waals surface area contributed by atoms with Gasteiger partial charge >= 0.3 is 0 Å². The van der Waals surface area contributed by atoms with Crippen LogP contribution < -0.4 is 0 Å². The van der Waals surface area contributed by atoms with Gasteiger partial charge in [0.15, 0.2) is 15.9 Å². The number of carbonyl (C=O) groups is 1. The number of rotatable bonds is 0. The van der Waals surface area contributed by atoms with Gasteiger partial charge in [0, 0.05) is 11.8 Å². The van der Waals surface area contributed by atoms with Crippen molar-refractivity contribution in [2.75, 3.05) is 0 Å². The molecule has 1 heterocycles. The number of Topliss-reactive ketones (excluding diaryl/α,β-unsaturated/α-hetero) is 1. The van der Waals surface area contributed by atoms with Crippen molar-refractivity contribution >= 4 is 29.0 Å². The first-order valence-electron chi connectivity index (χ1n) is 5.55. The molecule has 0 amide bonds. The quantitative estimate of drug-likeness (QED) is 0.631. The van der Waals surface area contributed by atoms with Crippen molar-refractivity contribution in [3.63, 3.8) is 0 Å². The molecule has 2 aliphatic carbocycles. The molecule has 0 bridgehead atoms. The Morgan fingerprint density at radius 2 is 2.00 bits per heavy atom. The van der Waals surface area contributed by atoms with E-state index in [1.165, 1.54) is 0 Å². The minimum atomic E-state index is -1.28. The largest absolute Gasteiger partial charge is 0.345 e. The average Bonchev–Trinajstić information content (AvgIpc) is 2.62. The number of hydrogen-bond donors (Lipinski definition) is 0. The number of fused-ring (bicyclic) bond motifs is 2. The predicted octanol–water partition coefficient (Wildman–Crippen LogP) is 2.43. The van der Waals surface area contributed by atoms with Crippen LogP contribution in [0.15, 0.2) is 0 Å². The van der Waals surface area contributed by atoms with E-state index in [9.17, 15) is 4.79 Å². The van der Waals surface area contributed by atoms with Crippen LogP contribution in [0.25, 0.3) is 0 Å². The molecule has 0 unspecified atom stereocenters. The van der Waals surface area contributed by atoms with Crippen molar-refractivity contribution < 1.29 is 14.3 Å². The second kappa shape index (κ2) is 2.94. The summed E-state index contributed by atoms with van der Waals surface area (Å²) in [5.41, 5.74) is -0.425. The molecule has 0 aromatic carbocycles. The van der Waals surface area contributed by atoms with E-state index in [4.69, 9.17) is 32.7 Å². The lowest BCUT2D eigenvalue weighted by atomic mass is 9.64. The molecule has 3 fully saturated rings. The fourth-order valence-corrected chi connectivity index (χ4v) is 3.93. The van der Waals surface area contributed by atoms with Gasteiger partial charge in [0.05, 0.1) is 12.2 Å². The molecule has 3 rings (SSSR count). The van der Waals surface area contributed by atoms with Crippen molar-refractivity contribution in [3.8, 4) is 0 Å². The summed E-state index contributed by atoms with van der Waals surface area (Å²) in [7, 11) is 0. The lowest BCUT2D eigenvalue weighted by molar-refractivity contribution is -0.177. The molecule has 1 saturated heterocycles. The zero-order valence-corrected chi connectivity index (χ0v) is 10.8. The lowest BCUT2D eigenvalue weighted by Crippen LogP contribution is -2.62. The molecular weight excluding hydrogens is 251 g/mol. The van der Waals surface area contributed by atoms with Crippen molar-refractivity contribution in [1.82, 2.24) is 0 Å². The summed E-state index contributed by atoms with van der Waals surface area (Å²) in [6.07, 6.45) is 1.97. The molecule has 90 valence electrons. The minimum absolute atomic E-state index is 0.0278. The van der Waals surface area contributed by atoms with E-state index in [1.807, 2.05) is 13.8 Å². The van der Waals surface area contributed by atoms with Gasteiger partial charge in [-0.2, -0.15) is 0 Å². The molecule has 16 heavy (non-hydrogen) atoms. The monoisotopic (exact) mass is 264 g/mol. The molecule has 3 atom stereocenters. The first kappa shape index (κ1) is 11.3. The van der Waals surface area contributed by atoms with E-state index in [0.29, 0.717) is 6.42 Å². The minimum Gasteiger partial charge on any atom is -0.345 e. The Bertz CT molecular complexity index is 366. The molecule has 0 radical (unpaired) electrons. The second-order valence-corrected chi connectivity index (χ2v) is 6.79. The molecule has 3 aliphatic rings. The maximum absolute atomic E-state index is 11.5. The average molecular weight is 265 g/mol. The molecule has 0 aromatic heterocycles. The summed E-state index contributed by atoms with van der Waals surface area (Å²) < 4.78 is 10.4. The Labute approximate surface area is 104 Å². The number of ketones is 1. The Morgan fingerprint density at radius 1 is 1.31 bits per heavy atom. The number of halogens is 2. The fourth-order valence-electron chi connectivity index (χ4n) is 3.26. The van der Waals surface area contributed by atoms with Gasteiger partial charge in [0.2, 0.25) is 0 Å². The smallest absolute Gasteiger partial charge is 0.184 e. The highest BCUT2D eigenvalue weighted by atomic mass is 35.5. The first-order chi connectivity index (χ1) is 7.29. The number of alkyl halides is 2. The van der Waals surface area contributed by atoms with Crippen LogP contribution in [0, 0.1) is 5.41 Å². The Kier molecular flexibility index (Phi) is 2.07. The van der Waals surface area contributed by atoms with Gasteiger partial charge < -0.3 is 9.47 Å². The van der Waals surface area contributed by atoms with E-state index < -0.39 is 15.5 Å². The maximum Gasteiger partial charge on any atom is 0.184 e. The van der Waals surface area contributed by atoms with E-state index in [1.54, 1.807) is 0 Å². The molecule has 1 aliphatic heterocycles. The van der Waals surface area contributed by atoms with Crippen LogP contribution in [0.2, 0.25) is 0 Å². The number of hydrogen-bond acceptors (Lipinski definition) is 3. The Hall–Kier alpha value is 0.170. The van der Waals surface area contributed by atoms with Crippen molar-refractivity contribution in [3.05, 3.63) is 0 Å². The van der Waals surface area contributed by atoms with Gasteiger partial charge in [-0.05, 0) is 26.7 Å². The summed E-state index contributed by atoms with van der Waals surface area (Å²) >= 11 is 12.3. The van der Waals surface area contributed by atoms with Crippen LogP contribution in [0.3, 0.4) is 0 Å². The highest BCUT2D eigenvalue weighted by Crippen LogP contribution is 2.66. The zero-order chi connectivity index (χ0) is 11.8. The molecule has 1 spiro atoms. The summed E-state index contributed by atoms with van der Waals surface area (Å²) in [6.45, 7) is 3.76. The van der Waals surface area contributed by atoms with E-state index >= 15 is 0 Å². The van der Waals surface area contributed by atoms with Crippen LogP contribution in [0.4, 0.5) is 0 Å². The summed E-state index contributed by atoms with van der Waals surface area (Å²) in [5, 5.41) is 0. The third-order valence-corrected chi connectivity index (χ3v) is 5.23. The standard InChI is InChI=1S/C11H14Cl2O3/c1-9(2)15-6-3-4-10(8(6)16-9)5-7(14)11(10,12)13/h6,8H,3-5H2,1-2H3/t6-,8-,10+/m0/s1. The van der Waals surface area contributed by atoms with Crippen molar-refractivity contribution in [2.45, 2.75) is 55.4 Å². The maximum atomic E-state index is 11.5. The normalized spacial score (nSPS) is 48.1. The molecular formula is C11H14Cl2O3. The van der Waals surface area contributed by atoms with Gasteiger partial charge in [0.1, 0.15) is 0 Å². The lowest BCUT2D eigenvalue weighted by Gasteiger charge is -2.50. The fraction of sp³-hybridized carbons (Fsp3) is 0.909. The van der Waals surface area contributed by atoms with Crippen molar-refractivity contribution in [1.29, 1.82) is 0 Å². The van der Waals surface area contributed by atoms with Crippen LogP contribution in [-0.4, -0.2) is 28.1 Å². The van der Waals surface area contributed by atoms with Gasteiger partial charge in [-0.25, -0.2) is 0 Å². The van der Waals surface area contributed by atoms with Crippen LogP contribution in [-0.2, 0) is 14.3 Å². The van der Waals surface area contributed by atoms with Gasteiger partial charge in [-0.3, -0.25) is 4.79 Å². The molecule has 3 nitrogen and oxygen atoms in total. The van der Waals surface area contributed by atoms with E-state index in [2.05, 4.69) is 0 Å². The van der Waals surface area contributed by atoms with E-state index in [-0.39, 0.29) is 18.0 Å². The predicted molar refractivity (Wildman–Crippen MR) is 59.6 cm³/mol. The van der Waals surface area contributed by atoms with Crippen LogP contribution in [0.1, 0.15) is 33.1 Å². The molecule has 0 aromatic rings. The van der Waals surface area contributed by atoms with Gasteiger partial charge in [-0.1, -0.05) is 23.2 Å². The highest BCUT2D eigenvalue weighted by molar-refractivity contribution is 6.61. The van der Waals surface area contributed by atoms with Gasteiger partial charge in [0.25, 0.3) is 0 Å². The summed E-state index contributed by atoms with van der Waals surface area (Å²) in [6, 6.07) is 0. The first-order valence-corrected chi connectivity index (χ1v) is 6.31.